The smallest absolute Gasteiger partial charge is 0.0203 e. The summed E-state index contributed by atoms with van der Waals surface area (Å²) in [5.74, 6) is 0.665. The number of fused-ring (bicyclic) bond motifs is 1. The predicted molar refractivity (Wildman–Crippen MR) is 145 cm³/mol. The summed E-state index contributed by atoms with van der Waals surface area (Å²) in [6.07, 6.45) is 15.8. The monoisotopic (exact) mass is 436 g/mol. The molecule has 0 aromatic heterocycles. The Kier molecular flexibility index (Phi) is 6.94. The lowest BCUT2D eigenvalue weighted by molar-refractivity contribution is 0.613. The van der Waals surface area contributed by atoms with Gasteiger partial charge in [0.05, 0.1) is 0 Å². The Labute approximate surface area is 201 Å². The van der Waals surface area contributed by atoms with E-state index in [4.69, 9.17) is 6.58 Å². The number of allylic oxidation sites excluding steroid dienone is 12. The molecule has 0 aliphatic heterocycles. The van der Waals surface area contributed by atoms with Gasteiger partial charge in [0, 0.05) is 11.8 Å². The highest BCUT2D eigenvalue weighted by Gasteiger charge is 2.41. The fourth-order valence-electron chi connectivity index (χ4n) is 6.09. The first-order chi connectivity index (χ1) is 15.9. The Morgan fingerprint density at radius 3 is 2.45 bits per heavy atom. The van der Waals surface area contributed by atoms with Crippen LogP contribution in [0, 0.1) is 5.92 Å². The molecule has 0 bridgehead atoms. The van der Waals surface area contributed by atoms with Crippen LogP contribution in [0.2, 0.25) is 0 Å². The van der Waals surface area contributed by atoms with E-state index in [0.717, 1.165) is 38.5 Å². The van der Waals surface area contributed by atoms with Gasteiger partial charge in [-0.3, -0.25) is 0 Å². The van der Waals surface area contributed by atoms with Crippen molar-refractivity contribution in [2.24, 2.45) is 5.92 Å². The third-order valence-corrected chi connectivity index (χ3v) is 7.74. The van der Waals surface area contributed by atoms with Gasteiger partial charge >= 0.3 is 0 Å². The fraction of sp³-hybridized carbons (Fsp3) is 0.394. The number of rotatable bonds is 7. The lowest BCUT2D eigenvalue weighted by atomic mass is 9.68. The molecule has 2 unspecified atom stereocenters. The van der Waals surface area contributed by atoms with Crippen LogP contribution < -0.4 is 0 Å². The van der Waals surface area contributed by atoms with Crippen molar-refractivity contribution in [3.63, 3.8) is 0 Å². The minimum atomic E-state index is 0.321. The number of hydrogen-bond acceptors (Lipinski definition) is 0. The van der Waals surface area contributed by atoms with E-state index in [1.807, 2.05) is 0 Å². The first-order valence-corrected chi connectivity index (χ1v) is 12.8. The molecule has 33 heavy (non-hydrogen) atoms. The van der Waals surface area contributed by atoms with E-state index in [0.29, 0.717) is 11.8 Å². The van der Waals surface area contributed by atoms with Crippen LogP contribution in [0.3, 0.4) is 0 Å². The molecule has 0 saturated heterocycles. The minimum absolute atomic E-state index is 0.321. The number of hydrogen-bond donors (Lipinski definition) is 0. The first-order valence-electron chi connectivity index (χ1n) is 12.8. The Balaban J connectivity index is 1.84. The minimum Gasteiger partial charge on any atom is -0.0955 e. The molecule has 1 aromatic rings. The van der Waals surface area contributed by atoms with Crippen molar-refractivity contribution in [3.8, 4) is 0 Å². The van der Waals surface area contributed by atoms with Crippen molar-refractivity contribution >= 4 is 0 Å². The zero-order valence-electron chi connectivity index (χ0n) is 21.4. The van der Waals surface area contributed by atoms with Gasteiger partial charge in [0.25, 0.3) is 0 Å². The van der Waals surface area contributed by atoms with Crippen molar-refractivity contribution < 1.29 is 0 Å². The van der Waals surface area contributed by atoms with Crippen molar-refractivity contribution in [1.29, 1.82) is 0 Å². The zero-order valence-corrected chi connectivity index (χ0v) is 21.4. The van der Waals surface area contributed by atoms with Crippen molar-refractivity contribution in [2.45, 2.75) is 79.1 Å². The normalized spacial score (nSPS) is 23.6. The molecule has 3 aliphatic rings. The van der Waals surface area contributed by atoms with E-state index in [1.165, 1.54) is 61.3 Å². The third-order valence-electron chi connectivity index (χ3n) is 7.74. The molecule has 0 radical (unpaired) electrons. The van der Waals surface area contributed by atoms with Gasteiger partial charge in [-0.15, -0.1) is 0 Å². The second kappa shape index (κ2) is 9.72. The van der Waals surface area contributed by atoms with Gasteiger partial charge in [-0.25, -0.2) is 0 Å². The molecule has 0 amide bonds. The molecule has 1 aromatic carbocycles. The molecule has 0 spiro atoms. The van der Waals surface area contributed by atoms with Crippen LogP contribution in [0.1, 0.15) is 82.9 Å². The van der Waals surface area contributed by atoms with Gasteiger partial charge in [0.1, 0.15) is 0 Å². The summed E-state index contributed by atoms with van der Waals surface area (Å²) in [6.45, 7) is 20.6. The highest BCUT2D eigenvalue weighted by atomic mass is 14.4. The molecular weight excluding hydrogens is 396 g/mol. The van der Waals surface area contributed by atoms with Gasteiger partial charge < -0.3 is 0 Å². The van der Waals surface area contributed by atoms with Crippen LogP contribution >= 0.6 is 0 Å². The van der Waals surface area contributed by atoms with Crippen LogP contribution in [-0.2, 0) is 12.8 Å². The summed E-state index contributed by atoms with van der Waals surface area (Å²) < 4.78 is 0. The molecular formula is C33H40. The molecule has 2 atom stereocenters. The van der Waals surface area contributed by atoms with Gasteiger partial charge in [-0.2, -0.15) is 0 Å². The summed E-state index contributed by atoms with van der Waals surface area (Å²) in [4.78, 5) is 0. The van der Waals surface area contributed by atoms with Crippen LogP contribution in [0.25, 0.3) is 0 Å². The predicted octanol–water partition coefficient (Wildman–Crippen LogP) is 9.29. The zero-order chi connectivity index (χ0) is 23.7. The van der Waals surface area contributed by atoms with Gasteiger partial charge in [-0.1, -0.05) is 99.6 Å². The third kappa shape index (κ3) is 4.45. The van der Waals surface area contributed by atoms with E-state index in [2.05, 4.69) is 83.7 Å². The summed E-state index contributed by atoms with van der Waals surface area (Å²) in [5, 5.41) is 0. The highest BCUT2D eigenvalue weighted by Crippen LogP contribution is 2.55. The molecule has 0 N–H and O–H groups in total. The summed E-state index contributed by atoms with van der Waals surface area (Å²) in [5.41, 5.74) is 15.7. The molecule has 0 nitrogen and oxygen atoms in total. The van der Waals surface area contributed by atoms with Crippen LogP contribution in [-0.4, -0.2) is 0 Å². The average molecular weight is 437 g/mol. The SMILES string of the molecule is C=C(CCC)C1=C(C)C=C2CC(=CC3=CC=C(C)C3)C(=C)C2C1c1cc(CC)ccc1CC. The van der Waals surface area contributed by atoms with Crippen molar-refractivity contribution in [1.82, 2.24) is 0 Å². The highest BCUT2D eigenvalue weighted by molar-refractivity contribution is 5.62. The summed E-state index contributed by atoms with van der Waals surface area (Å²) in [6, 6.07) is 7.17. The number of aryl methyl sites for hydroxylation is 2. The van der Waals surface area contributed by atoms with Crippen molar-refractivity contribution in [2.75, 3.05) is 0 Å². The molecule has 3 aliphatic carbocycles. The Morgan fingerprint density at radius 2 is 1.82 bits per heavy atom. The van der Waals surface area contributed by atoms with Gasteiger partial charge in [0.15, 0.2) is 0 Å². The topological polar surface area (TPSA) is 0 Å². The van der Waals surface area contributed by atoms with E-state index >= 15 is 0 Å². The molecule has 1 fully saturated rings. The van der Waals surface area contributed by atoms with E-state index < -0.39 is 0 Å². The van der Waals surface area contributed by atoms with E-state index in [-0.39, 0.29) is 0 Å². The molecule has 1 saturated carbocycles. The summed E-state index contributed by atoms with van der Waals surface area (Å²) >= 11 is 0. The lowest BCUT2D eigenvalue weighted by Crippen LogP contribution is -2.22. The standard InChI is InChI=1S/C33H40/c1-8-11-22(5)31-23(6)17-29-20-28(18-26-13-12-21(4)16-26)24(7)32(29)33(31)30-19-25(9-2)14-15-27(30)10-3/h12-15,17-19,32-33H,5,7-11,16,20H2,1-4,6H3. The maximum absolute atomic E-state index is 4.71. The maximum Gasteiger partial charge on any atom is 0.0203 e. The second-order valence-corrected chi connectivity index (χ2v) is 10.2. The Hall–Kier alpha value is -2.60. The van der Waals surface area contributed by atoms with Crippen molar-refractivity contribution in [3.05, 3.63) is 117 Å². The summed E-state index contributed by atoms with van der Waals surface area (Å²) in [7, 11) is 0. The van der Waals surface area contributed by atoms with Gasteiger partial charge in [-0.05, 0) is 90.5 Å². The maximum atomic E-state index is 4.71. The molecule has 0 heteroatoms. The molecule has 4 rings (SSSR count). The largest absolute Gasteiger partial charge is 0.0955 e. The molecule has 172 valence electrons. The lowest BCUT2D eigenvalue weighted by Gasteiger charge is -2.36. The quantitative estimate of drug-likeness (QED) is 0.399. The number of benzene rings is 1. The van der Waals surface area contributed by atoms with Crippen LogP contribution in [0.15, 0.2) is 100 Å². The Morgan fingerprint density at radius 1 is 1.03 bits per heavy atom. The van der Waals surface area contributed by atoms with E-state index in [9.17, 15) is 0 Å². The van der Waals surface area contributed by atoms with Gasteiger partial charge in [0.2, 0.25) is 0 Å². The fourth-order valence-corrected chi connectivity index (χ4v) is 6.09. The second-order valence-electron chi connectivity index (χ2n) is 10.2. The molecule has 0 heterocycles. The van der Waals surface area contributed by atoms with E-state index in [1.54, 1.807) is 0 Å². The average Bonchev–Trinajstić information content (AvgIpc) is 3.34. The van der Waals surface area contributed by atoms with Crippen LogP contribution in [0.4, 0.5) is 0 Å². The van der Waals surface area contributed by atoms with Crippen LogP contribution in [0.5, 0.6) is 0 Å². The first kappa shape index (κ1) is 23.6. The Bertz CT molecular complexity index is 1140.